The monoisotopic (exact) mass is 579 g/mol. The Morgan fingerprint density at radius 1 is 1.26 bits per heavy atom. The predicted molar refractivity (Wildman–Crippen MR) is 136 cm³/mol. The molecule has 1 saturated heterocycles. The van der Waals surface area contributed by atoms with Crippen molar-refractivity contribution in [3.63, 3.8) is 0 Å². The van der Waals surface area contributed by atoms with Gasteiger partial charge in [0.1, 0.15) is 22.1 Å². The first-order valence-corrected chi connectivity index (χ1v) is 14.5. The lowest BCUT2D eigenvalue weighted by Gasteiger charge is -2.48. The van der Waals surface area contributed by atoms with Gasteiger partial charge in [0, 0.05) is 23.3 Å². The summed E-state index contributed by atoms with van der Waals surface area (Å²) in [6.45, 7) is 1.47. The van der Waals surface area contributed by atoms with Crippen molar-refractivity contribution in [2.24, 2.45) is 5.73 Å². The second-order valence-corrected chi connectivity index (χ2v) is 12.3. The van der Waals surface area contributed by atoms with Crippen molar-refractivity contribution in [2.45, 2.75) is 34.8 Å². The van der Waals surface area contributed by atoms with E-state index in [0.717, 1.165) is 18.2 Å². The molecule has 200 valence electrons. The molecule has 38 heavy (non-hydrogen) atoms. The highest BCUT2D eigenvalue weighted by atomic mass is 32.2. The molecular formula is C21H21N7O7S3. The van der Waals surface area contributed by atoms with Crippen molar-refractivity contribution in [3.05, 3.63) is 47.1 Å². The van der Waals surface area contributed by atoms with Gasteiger partial charge < -0.3 is 21.1 Å². The number of amides is 1. The Balaban J connectivity index is 1.36. The van der Waals surface area contributed by atoms with E-state index < -0.39 is 39.4 Å². The third-order valence-corrected chi connectivity index (χ3v) is 9.65. The number of carboxylic acid groups (broad SMARTS) is 1. The Kier molecular flexibility index (Phi) is 6.72. The Labute approximate surface area is 224 Å². The van der Waals surface area contributed by atoms with Gasteiger partial charge in [0.25, 0.3) is 5.78 Å². The number of aryl methyl sites for hydroxylation is 1. The van der Waals surface area contributed by atoms with Gasteiger partial charge >= 0.3 is 5.97 Å². The van der Waals surface area contributed by atoms with E-state index in [9.17, 15) is 33.3 Å². The van der Waals surface area contributed by atoms with Crippen LogP contribution >= 0.6 is 23.5 Å². The molecule has 2 aliphatic heterocycles. The molecule has 2 aliphatic rings. The number of aromatic hydroxyl groups is 2. The molecule has 1 amide bonds. The first-order chi connectivity index (χ1) is 18.0. The molecule has 0 bridgehead atoms. The number of β-lactam (4-membered cyclic amide) rings is 1. The van der Waals surface area contributed by atoms with E-state index in [0.29, 0.717) is 22.0 Å². The van der Waals surface area contributed by atoms with E-state index in [4.69, 9.17) is 5.73 Å². The number of fused-ring (bicyclic) bond motifs is 2. The van der Waals surface area contributed by atoms with Crippen LogP contribution in [0.25, 0.3) is 5.78 Å². The maximum absolute atomic E-state index is 12.6. The van der Waals surface area contributed by atoms with Crippen LogP contribution < -0.4 is 10.5 Å². The number of thioether (sulfide) groups is 2. The number of sulfonamides is 1. The summed E-state index contributed by atoms with van der Waals surface area (Å²) in [7, 11) is -4.05. The molecule has 0 saturated carbocycles. The highest BCUT2D eigenvalue weighted by molar-refractivity contribution is 8.01. The first kappa shape index (κ1) is 26.2. The number of hydrogen-bond donors (Lipinski definition) is 5. The Morgan fingerprint density at radius 2 is 2.03 bits per heavy atom. The molecule has 2 atom stereocenters. The number of carboxylic acids is 1. The molecule has 6 N–H and O–H groups in total. The van der Waals surface area contributed by atoms with Gasteiger partial charge in [-0.05, 0) is 30.7 Å². The van der Waals surface area contributed by atoms with Crippen LogP contribution in [0.15, 0.2) is 45.5 Å². The number of hydrogen-bond acceptors (Lipinski definition) is 12. The van der Waals surface area contributed by atoms with Crippen LogP contribution in [0.5, 0.6) is 11.5 Å². The molecule has 5 rings (SSSR count). The van der Waals surface area contributed by atoms with Crippen LogP contribution in [0.2, 0.25) is 0 Å². The van der Waals surface area contributed by atoms with Crippen molar-refractivity contribution in [3.8, 4) is 11.5 Å². The van der Waals surface area contributed by atoms with Gasteiger partial charge in [-0.25, -0.2) is 22.9 Å². The Hall–Kier alpha value is -3.38. The van der Waals surface area contributed by atoms with E-state index >= 15 is 0 Å². The van der Waals surface area contributed by atoms with Crippen molar-refractivity contribution in [1.29, 1.82) is 0 Å². The molecule has 4 heterocycles. The standard InChI is InChI=1S/C21H21N7O7S3/c1-9-4-15(36-7-10-8-37-19-16(22)18(31)27(19)17(10)20(32)33)28-21(24-9)25-14(26-28)6-23-38(34,35)11-2-3-12(29)13(30)5-11/h2-5,16,19,23,29-30H,6-8,22H2,1H3,(H,32,33)/t16-,19-/m1/s1. The average molecular weight is 580 g/mol. The molecule has 0 spiro atoms. The summed E-state index contributed by atoms with van der Waals surface area (Å²) >= 11 is 2.70. The topological polar surface area (TPSA) is 213 Å². The number of carbonyl (C=O) groups is 2. The molecule has 2 aromatic heterocycles. The predicted octanol–water partition coefficient (Wildman–Crippen LogP) is -0.00438. The van der Waals surface area contributed by atoms with Gasteiger partial charge in [-0.15, -0.1) is 28.6 Å². The summed E-state index contributed by atoms with van der Waals surface area (Å²) in [5.74, 6) is -1.64. The third-order valence-electron chi connectivity index (χ3n) is 5.81. The summed E-state index contributed by atoms with van der Waals surface area (Å²) < 4.78 is 28.9. The van der Waals surface area contributed by atoms with E-state index in [2.05, 4.69) is 19.8 Å². The fourth-order valence-corrected chi connectivity index (χ4v) is 7.42. The maximum Gasteiger partial charge on any atom is 0.352 e. The van der Waals surface area contributed by atoms with Crippen molar-refractivity contribution in [2.75, 3.05) is 11.5 Å². The second-order valence-electron chi connectivity index (χ2n) is 8.43. The molecule has 14 nitrogen and oxygen atoms in total. The van der Waals surface area contributed by atoms with Crippen LogP contribution in [0.1, 0.15) is 11.5 Å². The van der Waals surface area contributed by atoms with E-state index in [1.807, 2.05) is 0 Å². The Morgan fingerprint density at radius 3 is 2.74 bits per heavy atom. The van der Waals surface area contributed by atoms with E-state index in [-0.39, 0.29) is 39.9 Å². The quantitative estimate of drug-likeness (QED) is 0.103. The van der Waals surface area contributed by atoms with Crippen LogP contribution in [0.3, 0.4) is 0 Å². The second kappa shape index (κ2) is 9.73. The minimum atomic E-state index is -4.05. The summed E-state index contributed by atoms with van der Waals surface area (Å²) in [6, 6.07) is 4.15. The lowest BCUT2D eigenvalue weighted by molar-refractivity contribution is -0.147. The SMILES string of the molecule is Cc1cc(SCC2=C(C(=O)O)N3C(=O)[C@@H](N)[C@H]3SC2)n2nc(CNS(=O)(=O)c3ccc(O)c(O)c3)nc2n1. The number of nitrogens with two attached hydrogens (primary N) is 1. The van der Waals surface area contributed by atoms with Gasteiger partial charge in [0.15, 0.2) is 17.3 Å². The molecular weight excluding hydrogens is 558 g/mol. The Bertz CT molecular complexity index is 1620. The number of aliphatic carboxylic acids is 1. The summed E-state index contributed by atoms with van der Waals surface area (Å²) in [5.41, 5.74) is 6.94. The number of nitrogens with one attached hydrogen (secondary N) is 1. The molecule has 3 aromatic rings. The van der Waals surface area contributed by atoms with E-state index in [1.54, 1.807) is 13.0 Å². The molecule has 0 unspecified atom stereocenters. The molecule has 1 aromatic carbocycles. The van der Waals surface area contributed by atoms with Gasteiger partial charge in [-0.2, -0.15) is 9.50 Å². The lowest BCUT2D eigenvalue weighted by Crippen LogP contribution is -2.68. The van der Waals surface area contributed by atoms with Crippen molar-refractivity contribution in [1.82, 2.24) is 29.2 Å². The van der Waals surface area contributed by atoms with Gasteiger partial charge in [0.2, 0.25) is 15.9 Å². The number of phenols is 2. The van der Waals surface area contributed by atoms with Crippen molar-refractivity contribution >= 4 is 51.2 Å². The van der Waals surface area contributed by atoms with Gasteiger partial charge in [-0.1, -0.05) is 0 Å². The zero-order valence-corrected chi connectivity index (χ0v) is 22.0. The highest BCUT2D eigenvalue weighted by Crippen LogP contribution is 2.40. The molecule has 0 radical (unpaired) electrons. The number of nitrogens with zero attached hydrogens (tertiary/aromatic N) is 5. The first-order valence-electron chi connectivity index (χ1n) is 11.0. The number of rotatable bonds is 8. The van der Waals surface area contributed by atoms with Crippen LogP contribution in [0, 0.1) is 6.92 Å². The molecule has 0 aliphatic carbocycles. The number of carbonyl (C=O) groups excluding carboxylic acids is 1. The third kappa shape index (κ3) is 4.66. The number of phenolic OH excluding ortho intramolecular Hbond substituents is 2. The molecule has 17 heteroatoms. The minimum Gasteiger partial charge on any atom is -0.504 e. The average Bonchev–Trinajstić information content (AvgIpc) is 3.29. The fraction of sp³-hybridized carbons (Fsp3) is 0.286. The zero-order valence-electron chi connectivity index (χ0n) is 19.6. The summed E-state index contributed by atoms with van der Waals surface area (Å²) in [4.78, 5) is 33.7. The summed E-state index contributed by atoms with van der Waals surface area (Å²) in [5, 5.41) is 33.3. The van der Waals surface area contributed by atoms with Crippen molar-refractivity contribution < 1.29 is 33.3 Å². The summed E-state index contributed by atoms with van der Waals surface area (Å²) in [6.07, 6.45) is 0. The lowest BCUT2D eigenvalue weighted by atomic mass is 10.0. The van der Waals surface area contributed by atoms with Gasteiger partial charge in [0.05, 0.1) is 11.4 Å². The normalized spacial score (nSPS) is 19.5. The number of benzene rings is 1. The van der Waals surface area contributed by atoms with Crippen LogP contribution in [-0.4, -0.2) is 83.0 Å². The fourth-order valence-electron chi connectivity index (χ4n) is 3.94. The largest absolute Gasteiger partial charge is 0.504 e. The van der Waals surface area contributed by atoms with Crippen LogP contribution in [-0.2, 0) is 26.2 Å². The zero-order chi connectivity index (χ0) is 27.4. The van der Waals surface area contributed by atoms with Gasteiger partial charge in [-0.3, -0.25) is 9.69 Å². The minimum absolute atomic E-state index is 0.0519. The smallest absolute Gasteiger partial charge is 0.352 e. The molecule has 1 fully saturated rings. The highest BCUT2D eigenvalue weighted by Gasteiger charge is 2.51. The maximum atomic E-state index is 12.6. The van der Waals surface area contributed by atoms with E-state index in [1.165, 1.54) is 32.9 Å². The number of aromatic nitrogens is 4. The van der Waals surface area contributed by atoms with Crippen LogP contribution in [0.4, 0.5) is 0 Å².